The summed E-state index contributed by atoms with van der Waals surface area (Å²) in [4.78, 5) is 4.05. The number of nitrogen functional groups attached to an aromatic ring is 1. The molecule has 2 N–H and O–H groups in total. The Bertz CT molecular complexity index is 848. The molecule has 0 fully saturated rings. The highest BCUT2D eigenvalue weighted by atomic mass is 79.9. The second-order valence-electron chi connectivity index (χ2n) is 4.38. The number of fused-ring (bicyclic) bond motifs is 1. The molecule has 0 saturated heterocycles. The van der Waals surface area contributed by atoms with E-state index in [4.69, 9.17) is 10.5 Å². The van der Waals surface area contributed by atoms with Crippen molar-refractivity contribution in [1.29, 1.82) is 0 Å². The predicted molar refractivity (Wildman–Crippen MR) is 79.7 cm³/mol. The molecule has 0 amide bonds. The number of methoxy groups -OCH3 is 1. The number of aromatic nitrogens is 2. The maximum Gasteiger partial charge on any atom is 0.206 e. The molecule has 21 heavy (non-hydrogen) atoms. The molecule has 0 saturated carbocycles. The fourth-order valence-electron chi connectivity index (χ4n) is 2.18. The number of nitrogens with zero attached hydrogens (tertiary/aromatic N) is 2. The van der Waals surface area contributed by atoms with Crippen LogP contribution in [0.3, 0.4) is 0 Å². The summed E-state index contributed by atoms with van der Waals surface area (Å²) in [5.41, 5.74) is 6.65. The summed E-state index contributed by atoms with van der Waals surface area (Å²) in [7, 11) is 1.52. The number of anilines is 1. The number of imidazole rings is 1. The highest BCUT2D eigenvalue weighted by molar-refractivity contribution is 9.10. The highest BCUT2D eigenvalue weighted by Crippen LogP contribution is 2.30. The van der Waals surface area contributed by atoms with Gasteiger partial charge in [0.25, 0.3) is 0 Å². The van der Waals surface area contributed by atoms with Gasteiger partial charge >= 0.3 is 0 Å². The van der Waals surface area contributed by atoms with Gasteiger partial charge in [-0.2, -0.15) is 0 Å². The third-order valence-electron chi connectivity index (χ3n) is 3.09. The van der Waals surface area contributed by atoms with E-state index in [9.17, 15) is 8.78 Å². The van der Waals surface area contributed by atoms with Gasteiger partial charge in [-0.25, -0.2) is 13.8 Å². The van der Waals surface area contributed by atoms with Gasteiger partial charge in [-0.05, 0) is 24.3 Å². The Morgan fingerprint density at radius 2 is 2.00 bits per heavy atom. The zero-order chi connectivity index (χ0) is 15.1. The molecule has 1 aromatic heterocycles. The molecule has 1 heterocycles. The molecule has 0 aliphatic carbocycles. The van der Waals surface area contributed by atoms with Crippen LogP contribution in [0.5, 0.6) is 5.75 Å². The van der Waals surface area contributed by atoms with Crippen LogP contribution in [0.4, 0.5) is 14.7 Å². The van der Waals surface area contributed by atoms with Crippen LogP contribution in [0.25, 0.3) is 16.7 Å². The van der Waals surface area contributed by atoms with Crippen LogP contribution >= 0.6 is 15.9 Å². The summed E-state index contributed by atoms with van der Waals surface area (Å²) in [5, 5.41) is 0. The average Bonchev–Trinajstić information content (AvgIpc) is 2.79. The first-order valence-electron chi connectivity index (χ1n) is 5.98. The minimum Gasteiger partial charge on any atom is -0.497 e. The van der Waals surface area contributed by atoms with Crippen molar-refractivity contribution < 1.29 is 13.5 Å². The predicted octanol–water partition coefficient (Wildman–Crippen LogP) is 3.66. The summed E-state index contributed by atoms with van der Waals surface area (Å²) in [5.74, 6) is -1.33. The Balaban J connectivity index is 2.37. The summed E-state index contributed by atoms with van der Waals surface area (Å²) in [6, 6.07) is 7.53. The fraction of sp³-hybridized carbons (Fsp3) is 0.0714. The number of halogens is 3. The van der Waals surface area contributed by atoms with Crippen molar-refractivity contribution in [3.8, 4) is 11.4 Å². The van der Waals surface area contributed by atoms with Crippen LogP contribution in [-0.4, -0.2) is 16.7 Å². The third kappa shape index (κ3) is 2.23. The van der Waals surface area contributed by atoms with Gasteiger partial charge in [0, 0.05) is 10.5 Å². The third-order valence-corrected chi connectivity index (χ3v) is 3.54. The monoisotopic (exact) mass is 353 g/mol. The first-order valence-corrected chi connectivity index (χ1v) is 6.77. The summed E-state index contributed by atoms with van der Waals surface area (Å²) in [6.07, 6.45) is 0. The molecule has 3 aromatic rings. The Kier molecular flexibility index (Phi) is 3.29. The summed E-state index contributed by atoms with van der Waals surface area (Å²) >= 11 is 3.34. The maximum absolute atomic E-state index is 14.1. The molecule has 0 atom stereocenters. The van der Waals surface area contributed by atoms with Crippen molar-refractivity contribution in [2.24, 2.45) is 0 Å². The Morgan fingerprint density at radius 1 is 1.24 bits per heavy atom. The maximum atomic E-state index is 14.1. The number of hydrogen-bond acceptors (Lipinski definition) is 3. The minimum atomic E-state index is -0.990. The van der Waals surface area contributed by atoms with Crippen molar-refractivity contribution in [1.82, 2.24) is 9.55 Å². The van der Waals surface area contributed by atoms with E-state index in [0.29, 0.717) is 11.4 Å². The SMILES string of the molecule is COc1cc(Br)cc(-n2c(N)nc3ccc(F)c(F)c32)c1. The molecule has 0 unspecified atom stereocenters. The molecule has 0 aliphatic heterocycles. The van der Waals surface area contributed by atoms with E-state index in [2.05, 4.69) is 20.9 Å². The molecule has 3 rings (SSSR count). The standard InChI is InChI=1S/C14H10BrF2N3O/c1-21-9-5-7(15)4-8(6-9)20-13-11(19-14(20)18)3-2-10(16)12(13)17/h2-6H,1H3,(H2,18,19). The molecule has 7 heteroatoms. The molecular formula is C14H10BrF2N3O. The van der Waals surface area contributed by atoms with Gasteiger partial charge in [0.05, 0.1) is 18.3 Å². The van der Waals surface area contributed by atoms with Crippen molar-refractivity contribution in [3.63, 3.8) is 0 Å². The van der Waals surface area contributed by atoms with Crippen LogP contribution in [0.2, 0.25) is 0 Å². The van der Waals surface area contributed by atoms with Gasteiger partial charge < -0.3 is 10.5 Å². The lowest BCUT2D eigenvalue weighted by atomic mass is 10.2. The van der Waals surface area contributed by atoms with Crippen molar-refractivity contribution in [2.45, 2.75) is 0 Å². The fourth-order valence-corrected chi connectivity index (χ4v) is 2.64. The van der Waals surface area contributed by atoms with E-state index in [1.54, 1.807) is 18.2 Å². The molecule has 108 valence electrons. The van der Waals surface area contributed by atoms with Crippen LogP contribution in [-0.2, 0) is 0 Å². The Labute approximate surface area is 127 Å². The lowest BCUT2D eigenvalue weighted by molar-refractivity contribution is 0.414. The molecule has 0 bridgehead atoms. The highest BCUT2D eigenvalue weighted by Gasteiger charge is 2.18. The van der Waals surface area contributed by atoms with Gasteiger partial charge in [0.2, 0.25) is 5.95 Å². The minimum absolute atomic E-state index is 0.00680. The Hall–Kier alpha value is -2.15. The van der Waals surface area contributed by atoms with Crippen molar-refractivity contribution >= 4 is 32.9 Å². The lowest BCUT2D eigenvalue weighted by Gasteiger charge is -2.10. The van der Waals surface area contributed by atoms with E-state index >= 15 is 0 Å². The normalized spacial score (nSPS) is 11.0. The van der Waals surface area contributed by atoms with Gasteiger partial charge in [-0.3, -0.25) is 4.57 Å². The van der Waals surface area contributed by atoms with Crippen LogP contribution in [0.15, 0.2) is 34.8 Å². The van der Waals surface area contributed by atoms with E-state index in [1.807, 2.05) is 0 Å². The lowest BCUT2D eigenvalue weighted by Crippen LogP contribution is -2.02. The van der Waals surface area contributed by atoms with Crippen molar-refractivity contribution in [3.05, 3.63) is 46.4 Å². The summed E-state index contributed by atoms with van der Waals surface area (Å²) < 4.78 is 34.8. The zero-order valence-corrected chi connectivity index (χ0v) is 12.5. The molecule has 0 radical (unpaired) electrons. The summed E-state index contributed by atoms with van der Waals surface area (Å²) in [6.45, 7) is 0. The van der Waals surface area contributed by atoms with E-state index in [-0.39, 0.29) is 17.0 Å². The van der Waals surface area contributed by atoms with Gasteiger partial charge in [0.15, 0.2) is 11.6 Å². The first-order chi connectivity index (χ1) is 10.0. The van der Waals surface area contributed by atoms with Crippen molar-refractivity contribution in [2.75, 3.05) is 12.8 Å². The number of nitrogens with two attached hydrogens (primary N) is 1. The zero-order valence-electron chi connectivity index (χ0n) is 10.9. The molecule has 4 nitrogen and oxygen atoms in total. The topological polar surface area (TPSA) is 53.1 Å². The van der Waals surface area contributed by atoms with Gasteiger partial charge in [-0.15, -0.1) is 0 Å². The van der Waals surface area contributed by atoms with E-state index < -0.39 is 11.6 Å². The van der Waals surface area contributed by atoms with Crippen LogP contribution in [0, 0.1) is 11.6 Å². The average molecular weight is 354 g/mol. The molecule has 0 aliphatic rings. The number of ether oxygens (including phenoxy) is 1. The molecule has 0 spiro atoms. The second kappa shape index (κ2) is 5.00. The van der Waals surface area contributed by atoms with Gasteiger partial charge in [0.1, 0.15) is 11.3 Å². The largest absolute Gasteiger partial charge is 0.497 e. The molecule has 2 aromatic carbocycles. The first kappa shape index (κ1) is 13.8. The number of rotatable bonds is 2. The van der Waals surface area contributed by atoms with Gasteiger partial charge in [-0.1, -0.05) is 15.9 Å². The Morgan fingerprint density at radius 3 is 2.71 bits per heavy atom. The van der Waals surface area contributed by atoms with E-state index in [1.165, 1.54) is 17.7 Å². The number of benzene rings is 2. The quantitative estimate of drug-likeness (QED) is 0.764. The van der Waals surface area contributed by atoms with E-state index in [0.717, 1.165) is 10.5 Å². The smallest absolute Gasteiger partial charge is 0.206 e. The number of hydrogen-bond donors (Lipinski definition) is 1. The second-order valence-corrected chi connectivity index (χ2v) is 5.30. The molecular weight excluding hydrogens is 344 g/mol. The van der Waals surface area contributed by atoms with Crippen LogP contribution < -0.4 is 10.5 Å². The van der Waals surface area contributed by atoms with Crippen LogP contribution in [0.1, 0.15) is 0 Å².